The molecule has 0 N–H and O–H groups in total. The van der Waals surface area contributed by atoms with Gasteiger partial charge in [0.25, 0.3) is 0 Å². The van der Waals surface area contributed by atoms with E-state index >= 15 is 0 Å². The maximum atomic E-state index is 11.8. The smallest absolute Gasteiger partial charge is 0.372 e. The van der Waals surface area contributed by atoms with Crippen molar-refractivity contribution in [3.8, 4) is 0 Å². The van der Waals surface area contributed by atoms with Crippen molar-refractivity contribution in [2.45, 2.75) is 31.3 Å². The largest absolute Gasteiger partial charge is 0.411 e. The van der Waals surface area contributed by atoms with Crippen LogP contribution in [0.1, 0.15) is 19.8 Å². The number of halogens is 4. The molecule has 1 amide bonds. The zero-order chi connectivity index (χ0) is 13.8. The van der Waals surface area contributed by atoms with Crippen molar-refractivity contribution in [1.29, 1.82) is 0 Å². The molecule has 2 unspecified atom stereocenters. The highest BCUT2D eigenvalue weighted by Gasteiger charge is 2.29. The maximum absolute atomic E-state index is 11.8. The summed E-state index contributed by atoms with van der Waals surface area (Å²) in [5, 5.41) is -0.0845. The number of carbonyl (C=O) groups excluding carboxylic acids is 1. The number of likely N-dealkylation sites (tertiary alicyclic amines) is 1. The van der Waals surface area contributed by atoms with Gasteiger partial charge >= 0.3 is 6.18 Å². The number of rotatable bonds is 4. The third-order valence-electron chi connectivity index (χ3n) is 2.95. The summed E-state index contributed by atoms with van der Waals surface area (Å²) in [5.41, 5.74) is 0. The van der Waals surface area contributed by atoms with Gasteiger partial charge in [0.05, 0.1) is 18.4 Å². The molecule has 18 heavy (non-hydrogen) atoms. The van der Waals surface area contributed by atoms with Crippen LogP contribution >= 0.6 is 11.6 Å². The Morgan fingerprint density at radius 2 is 2.17 bits per heavy atom. The van der Waals surface area contributed by atoms with Gasteiger partial charge in [-0.25, -0.2) is 0 Å². The summed E-state index contributed by atoms with van der Waals surface area (Å²) < 4.78 is 39.8. The third-order valence-corrected chi connectivity index (χ3v) is 3.51. The third kappa shape index (κ3) is 5.44. The first-order valence-electron chi connectivity index (χ1n) is 5.86. The van der Waals surface area contributed by atoms with E-state index in [9.17, 15) is 18.0 Å². The molecule has 3 nitrogen and oxygen atoms in total. The van der Waals surface area contributed by atoms with Crippen LogP contribution in [0.5, 0.6) is 0 Å². The minimum Gasteiger partial charge on any atom is -0.372 e. The molecule has 0 radical (unpaired) electrons. The Bertz CT molecular complexity index is 286. The molecule has 1 fully saturated rings. The van der Waals surface area contributed by atoms with Crippen molar-refractivity contribution in [2.75, 3.05) is 26.3 Å². The molecule has 0 aromatic heterocycles. The summed E-state index contributed by atoms with van der Waals surface area (Å²) in [7, 11) is 0. The second-order valence-electron chi connectivity index (χ2n) is 4.54. The Hall–Kier alpha value is -0.490. The molecule has 1 aliphatic rings. The topological polar surface area (TPSA) is 29.5 Å². The second-order valence-corrected chi connectivity index (χ2v) is 5.10. The van der Waals surface area contributed by atoms with Gasteiger partial charge in [-0.1, -0.05) is 6.92 Å². The van der Waals surface area contributed by atoms with Crippen LogP contribution in [0.4, 0.5) is 13.2 Å². The fourth-order valence-corrected chi connectivity index (χ4v) is 2.05. The van der Waals surface area contributed by atoms with E-state index in [0.29, 0.717) is 19.0 Å². The monoisotopic (exact) mass is 287 g/mol. The van der Waals surface area contributed by atoms with E-state index in [4.69, 9.17) is 11.6 Å². The Kier molecular flexibility index (Phi) is 5.72. The molecular weight excluding hydrogens is 271 g/mol. The van der Waals surface area contributed by atoms with Crippen LogP contribution in [0, 0.1) is 5.92 Å². The lowest BCUT2D eigenvalue weighted by Crippen LogP contribution is -2.44. The van der Waals surface area contributed by atoms with Crippen molar-refractivity contribution < 1.29 is 22.7 Å². The van der Waals surface area contributed by atoms with E-state index in [0.717, 1.165) is 6.42 Å². The van der Waals surface area contributed by atoms with Gasteiger partial charge < -0.3 is 9.64 Å². The predicted octanol–water partition coefficient (Wildman–Crippen LogP) is 2.43. The van der Waals surface area contributed by atoms with Crippen LogP contribution in [0.15, 0.2) is 0 Å². The quantitative estimate of drug-likeness (QED) is 0.587. The predicted molar refractivity (Wildman–Crippen MR) is 61.5 cm³/mol. The van der Waals surface area contributed by atoms with Gasteiger partial charge in [0.15, 0.2) is 0 Å². The number of nitrogens with zero attached hydrogens (tertiary/aromatic N) is 1. The average Bonchev–Trinajstić information content (AvgIpc) is 2.26. The maximum Gasteiger partial charge on any atom is 0.411 e. The molecule has 0 aromatic rings. The molecule has 1 saturated heterocycles. The van der Waals surface area contributed by atoms with Crippen molar-refractivity contribution >= 4 is 17.5 Å². The average molecular weight is 288 g/mol. The summed E-state index contributed by atoms with van der Waals surface area (Å²) in [4.78, 5) is 13.3. The Morgan fingerprint density at radius 1 is 1.50 bits per heavy atom. The summed E-state index contributed by atoms with van der Waals surface area (Å²) in [6.07, 6.45) is -3.55. The molecule has 0 saturated carbocycles. The van der Waals surface area contributed by atoms with Gasteiger partial charge in [-0.15, -0.1) is 11.6 Å². The number of hydrogen-bond donors (Lipinski definition) is 0. The Morgan fingerprint density at radius 3 is 2.72 bits per heavy atom. The SMILES string of the molecule is CC1CCN(C(=O)CCOCC(F)(F)F)CC1Cl. The highest BCUT2D eigenvalue weighted by Crippen LogP contribution is 2.22. The molecule has 0 aliphatic carbocycles. The molecule has 0 bridgehead atoms. The van der Waals surface area contributed by atoms with Gasteiger partial charge in [-0.2, -0.15) is 13.2 Å². The zero-order valence-corrected chi connectivity index (χ0v) is 10.9. The number of carbonyl (C=O) groups is 1. The lowest BCUT2D eigenvalue weighted by atomic mass is 9.98. The molecule has 0 aromatic carbocycles. The lowest BCUT2D eigenvalue weighted by molar-refractivity contribution is -0.175. The molecule has 2 atom stereocenters. The number of piperidine rings is 1. The number of amides is 1. The highest BCUT2D eigenvalue weighted by atomic mass is 35.5. The van der Waals surface area contributed by atoms with Crippen molar-refractivity contribution in [3.63, 3.8) is 0 Å². The van der Waals surface area contributed by atoms with Gasteiger partial charge in [-0.05, 0) is 12.3 Å². The van der Waals surface area contributed by atoms with Gasteiger partial charge in [0.1, 0.15) is 6.61 Å². The van der Waals surface area contributed by atoms with Crippen molar-refractivity contribution in [3.05, 3.63) is 0 Å². The van der Waals surface area contributed by atoms with Crippen LogP contribution in [-0.4, -0.2) is 48.7 Å². The minimum atomic E-state index is -4.34. The summed E-state index contributed by atoms with van der Waals surface area (Å²) in [6.45, 7) is 1.57. The van der Waals surface area contributed by atoms with Crippen LogP contribution < -0.4 is 0 Å². The summed E-state index contributed by atoms with van der Waals surface area (Å²) in [6, 6.07) is 0. The molecule has 106 valence electrons. The molecule has 1 aliphatic heterocycles. The Labute approximate surface area is 109 Å². The Balaban J connectivity index is 2.21. The fourth-order valence-electron chi connectivity index (χ4n) is 1.75. The van der Waals surface area contributed by atoms with Gasteiger partial charge in [-0.3, -0.25) is 4.79 Å². The van der Waals surface area contributed by atoms with Crippen LogP contribution in [0.2, 0.25) is 0 Å². The second kappa shape index (κ2) is 6.61. The fraction of sp³-hybridized carbons (Fsp3) is 0.909. The lowest BCUT2D eigenvalue weighted by Gasteiger charge is -2.34. The van der Waals surface area contributed by atoms with E-state index in [1.54, 1.807) is 4.90 Å². The molecular formula is C11H17ClF3NO2. The van der Waals surface area contributed by atoms with E-state index in [1.807, 2.05) is 6.92 Å². The van der Waals surface area contributed by atoms with E-state index in [1.165, 1.54) is 0 Å². The van der Waals surface area contributed by atoms with Crippen molar-refractivity contribution in [2.24, 2.45) is 5.92 Å². The first-order chi connectivity index (χ1) is 8.29. The van der Waals surface area contributed by atoms with Crippen LogP contribution in [0.25, 0.3) is 0 Å². The summed E-state index contributed by atoms with van der Waals surface area (Å²) >= 11 is 6.05. The number of ether oxygens (including phenoxy) is 1. The van der Waals surface area contributed by atoms with Gasteiger partial charge in [0, 0.05) is 13.1 Å². The molecule has 1 heterocycles. The molecule has 7 heteroatoms. The summed E-state index contributed by atoms with van der Waals surface area (Å²) in [5.74, 6) is 0.159. The number of alkyl halides is 4. The first kappa shape index (κ1) is 15.6. The first-order valence-corrected chi connectivity index (χ1v) is 6.29. The van der Waals surface area contributed by atoms with Gasteiger partial charge in [0.2, 0.25) is 5.91 Å². The molecule has 1 rings (SSSR count). The normalized spacial score (nSPS) is 25.3. The number of hydrogen-bond acceptors (Lipinski definition) is 2. The van der Waals surface area contributed by atoms with Crippen molar-refractivity contribution in [1.82, 2.24) is 4.90 Å². The van der Waals surface area contributed by atoms with E-state index in [2.05, 4.69) is 4.74 Å². The van der Waals surface area contributed by atoms with Crippen LogP contribution in [-0.2, 0) is 9.53 Å². The highest BCUT2D eigenvalue weighted by molar-refractivity contribution is 6.21. The minimum absolute atomic E-state index is 0.0337. The van der Waals surface area contributed by atoms with E-state index in [-0.39, 0.29) is 24.3 Å². The standard InChI is InChI=1S/C11H17ClF3NO2/c1-8-2-4-16(6-9(8)12)10(17)3-5-18-7-11(13,14)15/h8-9H,2-7H2,1H3. The van der Waals surface area contributed by atoms with E-state index < -0.39 is 12.8 Å². The molecule has 0 spiro atoms. The van der Waals surface area contributed by atoms with Crippen LogP contribution in [0.3, 0.4) is 0 Å². The zero-order valence-electron chi connectivity index (χ0n) is 10.2.